The summed E-state index contributed by atoms with van der Waals surface area (Å²) < 4.78 is 0. The van der Waals surface area contributed by atoms with E-state index >= 15 is 0 Å². The summed E-state index contributed by atoms with van der Waals surface area (Å²) in [5, 5.41) is 11.8. The Balaban J connectivity index is 3.21. The molecule has 6 N–H and O–H groups in total. The summed E-state index contributed by atoms with van der Waals surface area (Å²) in [6.45, 7) is 0.889. The number of hydrogen-bond acceptors (Lipinski definition) is 2. The van der Waals surface area contributed by atoms with Crippen LogP contribution in [-0.4, -0.2) is 33.5 Å². The molecule has 0 spiro atoms. The number of quaternary nitrogens is 2. The molecule has 0 unspecified atom stereocenters. The van der Waals surface area contributed by atoms with Crippen LogP contribution in [0.4, 0.5) is 0 Å². The number of rotatable bonds is 5. The second-order valence-corrected chi connectivity index (χ2v) is 4.36. The Kier molecular flexibility index (Phi) is 5.62. The topological polar surface area (TPSA) is 95.4 Å². The molecule has 5 heteroatoms. The molecule has 60 valence electrons. The number of aliphatic carboxylic acids is 1. The summed E-state index contributed by atoms with van der Waals surface area (Å²) in [6.07, 6.45) is 0. The molecule has 0 aliphatic rings. The van der Waals surface area contributed by atoms with Crippen molar-refractivity contribution in [2.75, 3.05) is 6.54 Å². The number of carboxylic acids is 1. The van der Waals surface area contributed by atoms with Crippen molar-refractivity contribution in [2.45, 2.75) is 16.7 Å². The zero-order valence-electron chi connectivity index (χ0n) is 5.84. The summed E-state index contributed by atoms with van der Waals surface area (Å²) in [5.74, 6) is -1.04. The molecule has 0 bridgehead atoms. The van der Waals surface area contributed by atoms with Gasteiger partial charge in [0.2, 0.25) is 0 Å². The van der Waals surface area contributed by atoms with Crippen molar-refractivity contribution in [3.8, 4) is 0 Å². The monoisotopic (exact) mass is 213 g/mol. The van der Waals surface area contributed by atoms with Gasteiger partial charge in [-0.2, -0.15) is 0 Å². The quantitative estimate of drug-likeness (QED) is 0.360. The van der Waals surface area contributed by atoms with Gasteiger partial charge in [0, 0.05) is 0 Å². The molecule has 0 heterocycles. The summed E-state index contributed by atoms with van der Waals surface area (Å²) in [7, 11) is 0. The van der Waals surface area contributed by atoms with Crippen molar-refractivity contribution in [2.24, 2.45) is 0 Å². The van der Waals surface area contributed by atoms with Gasteiger partial charge in [0.1, 0.15) is 0 Å². The van der Waals surface area contributed by atoms with Crippen molar-refractivity contribution < 1.29 is 21.4 Å². The average Bonchev–Trinajstić information content (AvgIpc) is 1.88. The second-order valence-electron chi connectivity index (χ2n) is 1.94. The van der Waals surface area contributed by atoms with Crippen LogP contribution < -0.4 is 16.6 Å². The van der Waals surface area contributed by atoms with Crippen molar-refractivity contribution in [3.05, 3.63) is 0 Å². The first-order chi connectivity index (χ1) is 4.68. The van der Waals surface area contributed by atoms with Gasteiger partial charge in [-0.05, 0) is 0 Å². The fraction of sp³-hybridized carbons (Fsp3) is 0.800. The standard InChI is InChI=1S/C5H12N2O2Se/c6-1-2-10-3-4(7)5(8)9/h4H,1-3,6-7H2,(H,8,9)/p+1/t4-/m0/s1. The van der Waals surface area contributed by atoms with Crippen molar-refractivity contribution >= 4 is 20.9 Å². The van der Waals surface area contributed by atoms with E-state index in [1.807, 2.05) is 0 Å². The fourth-order valence-electron chi connectivity index (χ4n) is 0.396. The molecule has 0 aliphatic heterocycles. The van der Waals surface area contributed by atoms with Gasteiger partial charge < -0.3 is 0 Å². The van der Waals surface area contributed by atoms with Gasteiger partial charge in [-0.15, -0.1) is 0 Å². The third-order valence-electron chi connectivity index (χ3n) is 0.941. The molecule has 0 fully saturated rings. The third kappa shape index (κ3) is 4.76. The van der Waals surface area contributed by atoms with Gasteiger partial charge in [-0.25, -0.2) is 0 Å². The zero-order valence-corrected chi connectivity index (χ0v) is 7.55. The number of carboxylic acid groups (broad SMARTS) is 1. The summed E-state index contributed by atoms with van der Waals surface area (Å²) in [6, 6.07) is -0.522. The Morgan fingerprint density at radius 2 is 2.30 bits per heavy atom. The summed E-state index contributed by atoms with van der Waals surface area (Å²) in [4.78, 5) is 10.1. The van der Waals surface area contributed by atoms with E-state index in [-0.39, 0.29) is 0 Å². The Morgan fingerprint density at radius 3 is 2.70 bits per heavy atom. The molecule has 0 saturated heterocycles. The SMILES string of the molecule is [NH3+]CC[Se]C[C@H]([NH3+])C(=O)[O-]. The van der Waals surface area contributed by atoms with Gasteiger partial charge in [-0.1, -0.05) is 0 Å². The van der Waals surface area contributed by atoms with Crippen molar-refractivity contribution in [3.63, 3.8) is 0 Å². The van der Waals surface area contributed by atoms with Crippen LogP contribution in [-0.2, 0) is 4.79 Å². The number of hydrogen-bond donors (Lipinski definition) is 2. The molecule has 0 aromatic rings. The van der Waals surface area contributed by atoms with Crippen LogP contribution in [0.25, 0.3) is 0 Å². The van der Waals surface area contributed by atoms with E-state index < -0.39 is 12.0 Å². The number of carbonyl (C=O) groups excluding carboxylic acids is 1. The molecule has 0 rings (SSSR count). The Morgan fingerprint density at radius 1 is 1.70 bits per heavy atom. The molecule has 0 radical (unpaired) electrons. The van der Waals surface area contributed by atoms with Gasteiger partial charge >= 0.3 is 65.5 Å². The van der Waals surface area contributed by atoms with E-state index in [1.54, 1.807) is 0 Å². The van der Waals surface area contributed by atoms with E-state index in [9.17, 15) is 9.90 Å². The second kappa shape index (κ2) is 5.68. The number of carbonyl (C=O) groups is 1. The molecule has 0 aromatic heterocycles. The maximum absolute atomic E-state index is 10.1. The minimum atomic E-state index is -1.04. The minimum absolute atomic E-state index is 0.383. The van der Waals surface area contributed by atoms with Crippen LogP contribution in [0.1, 0.15) is 0 Å². The first kappa shape index (κ1) is 9.91. The molecule has 0 saturated carbocycles. The maximum atomic E-state index is 10.1. The molecule has 0 aromatic carbocycles. The first-order valence-electron chi connectivity index (χ1n) is 3.09. The van der Waals surface area contributed by atoms with Gasteiger partial charge in [0.25, 0.3) is 0 Å². The van der Waals surface area contributed by atoms with E-state index in [2.05, 4.69) is 11.5 Å². The fourth-order valence-corrected chi connectivity index (χ4v) is 2.06. The van der Waals surface area contributed by atoms with Crippen LogP contribution in [0, 0.1) is 0 Å². The van der Waals surface area contributed by atoms with Crippen molar-refractivity contribution in [1.29, 1.82) is 0 Å². The first-order valence-corrected chi connectivity index (χ1v) is 5.51. The van der Waals surface area contributed by atoms with Crippen LogP contribution >= 0.6 is 0 Å². The van der Waals surface area contributed by atoms with Crippen LogP contribution in [0.2, 0.25) is 10.6 Å². The molecule has 4 nitrogen and oxygen atoms in total. The summed E-state index contributed by atoms with van der Waals surface area (Å²) >= 11 is 0.383. The zero-order chi connectivity index (χ0) is 7.98. The molecule has 1 atom stereocenters. The van der Waals surface area contributed by atoms with Crippen LogP contribution in [0.15, 0.2) is 0 Å². The Hall–Kier alpha value is -0.0905. The Labute approximate surface area is 66.1 Å². The Bertz CT molecular complexity index is 110. The average molecular weight is 212 g/mol. The van der Waals surface area contributed by atoms with E-state index in [1.165, 1.54) is 0 Å². The predicted octanol–water partition coefficient (Wildman–Crippen LogP) is -3.87. The molecule has 0 aliphatic carbocycles. The molecule has 10 heavy (non-hydrogen) atoms. The van der Waals surface area contributed by atoms with Crippen LogP contribution in [0.3, 0.4) is 0 Å². The van der Waals surface area contributed by atoms with Crippen LogP contribution in [0.5, 0.6) is 0 Å². The van der Waals surface area contributed by atoms with Gasteiger partial charge in [-0.3, -0.25) is 0 Å². The third-order valence-corrected chi connectivity index (χ3v) is 3.49. The van der Waals surface area contributed by atoms with Crippen molar-refractivity contribution in [1.82, 2.24) is 0 Å². The molecular weight excluding hydrogens is 199 g/mol. The van der Waals surface area contributed by atoms with Gasteiger partial charge in [0.15, 0.2) is 0 Å². The normalized spacial score (nSPS) is 13.0. The van der Waals surface area contributed by atoms with E-state index in [0.717, 1.165) is 11.9 Å². The predicted molar refractivity (Wildman–Crippen MR) is 34.8 cm³/mol. The van der Waals surface area contributed by atoms with Gasteiger partial charge in [0.05, 0.1) is 0 Å². The van der Waals surface area contributed by atoms with E-state index in [0.29, 0.717) is 20.3 Å². The molecule has 0 amide bonds. The van der Waals surface area contributed by atoms with E-state index in [4.69, 9.17) is 0 Å². The summed E-state index contributed by atoms with van der Waals surface area (Å²) in [5.41, 5.74) is 7.10. The molecular formula is C5H13N2O2Se+.